The van der Waals surface area contributed by atoms with Gasteiger partial charge in [-0.25, -0.2) is 17.4 Å². The number of hydrogen-bond donors (Lipinski definition) is 0. The summed E-state index contributed by atoms with van der Waals surface area (Å²) in [5.74, 6) is 0.0764. The Kier molecular flexibility index (Phi) is 3.87. The Morgan fingerprint density at radius 3 is 2.61 bits per heavy atom. The number of hydrogen-bond acceptors (Lipinski definition) is 5. The molecule has 0 aliphatic heterocycles. The molecule has 0 bridgehead atoms. The Bertz CT molecular complexity index is 962. The van der Waals surface area contributed by atoms with E-state index in [0.29, 0.717) is 22.8 Å². The fourth-order valence-electron chi connectivity index (χ4n) is 2.43. The number of ether oxygens (including phenoxy) is 1. The average Bonchev–Trinajstić information content (AvgIpc) is 2.93. The maximum atomic E-state index is 12.8. The van der Waals surface area contributed by atoms with Crippen molar-refractivity contribution < 1.29 is 17.9 Å². The van der Waals surface area contributed by atoms with Crippen LogP contribution in [-0.2, 0) is 15.8 Å². The minimum absolute atomic E-state index is 0.0611. The maximum Gasteiger partial charge on any atom is 0.243 e. The molecular formula is C16H14N2O4S. The minimum Gasteiger partial charge on any atom is -0.481 e. The van der Waals surface area contributed by atoms with Crippen LogP contribution in [0.5, 0.6) is 5.88 Å². The van der Waals surface area contributed by atoms with Crippen LogP contribution >= 0.6 is 0 Å². The molecule has 0 aliphatic carbocycles. The Hall–Kier alpha value is -2.67. The number of fused-ring (bicyclic) bond motifs is 1. The molecule has 6 nitrogen and oxygen atoms in total. The van der Waals surface area contributed by atoms with Crippen molar-refractivity contribution in [3.05, 3.63) is 59.9 Å². The lowest BCUT2D eigenvalue weighted by atomic mass is 10.2. The summed E-state index contributed by atoms with van der Waals surface area (Å²) < 4.78 is 31.7. The van der Waals surface area contributed by atoms with E-state index in [9.17, 15) is 13.2 Å². The van der Waals surface area contributed by atoms with Gasteiger partial charge in [0.1, 0.15) is 0 Å². The van der Waals surface area contributed by atoms with E-state index >= 15 is 0 Å². The summed E-state index contributed by atoms with van der Waals surface area (Å²) in [6, 6.07) is 11.8. The molecule has 7 heteroatoms. The number of pyridine rings is 1. The second-order valence-electron chi connectivity index (χ2n) is 4.98. The Morgan fingerprint density at radius 1 is 1.22 bits per heavy atom. The molecule has 0 aliphatic rings. The van der Waals surface area contributed by atoms with Crippen molar-refractivity contribution in [2.75, 3.05) is 7.11 Å². The summed E-state index contributed by atoms with van der Waals surface area (Å²) in [6.07, 6.45) is 2.00. The van der Waals surface area contributed by atoms with Gasteiger partial charge in [0.25, 0.3) is 0 Å². The van der Waals surface area contributed by atoms with E-state index in [-0.39, 0.29) is 17.3 Å². The highest BCUT2D eigenvalue weighted by Gasteiger charge is 2.22. The van der Waals surface area contributed by atoms with Gasteiger partial charge in [-0.15, -0.1) is 0 Å². The van der Waals surface area contributed by atoms with Gasteiger partial charge >= 0.3 is 0 Å². The van der Waals surface area contributed by atoms with Gasteiger partial charge in [0.2, 0.25) is 15.9 Å². The second kappa shape index (κ2) is 5.85. The highest BCUT2D eigenvalue weighted by Crippen LogP contribution is 2.25. The van der Waals surface area contributed by atoms with Crippen LogP contribution in [-0.4, -0.2) is 30.8 Å². The monoisotopic (exact) mass is 330 g/mol. The first kappa shape index (κ1) is 15.2. The molecule has 3 rings (SSSR count). The summed E-state index contributed by atoms with van der Waals surface area (Å²) in [5, 5.41) is 0.560. The molecule has 2 heterocycles. The topological polar surface area (TPSA) is 78.3 Å². The highest BCUT2D eigenvalue weighted by molar-refractivity contribution is 7.89. The molecule has 0 fully saturated rings. The third kappa shape index (κ3) is 2.83. The van der Waals surface area contributed by atoms with Gasteiger partial charge < -0.3 is 4.74 Å². The molecule has 3 aromatic rings. The summed E-state index contributed by atoms with van der Waals surface area (Å²) in [5.41, 5.74) is 1.08. The second-order valence-corrected chi connectivity index (χ2v) is 6.80. The lowest BCUT2D eigenvalue weighted by Gasteiger charge is -2.10. The van der Waals surface area contributed by atoms with Gasteiger partial charge in [0.05, 0.1) is 24.1 Å². The molecule has 118 valence electrons. The van der Waals surface area contributed by atoms with Gasteiger partial charge in [-0.3, -0.25) is 4.79 Å². The number of nitrogens with zero attached hydrogens (tertiary/aromatic N) is 2. The first-order valence-corrected chi connectivity index (χ1v) is 8.44. The quantitative estimate of drug-likeness (QED) is 0.670. The molecule has 0 saturated heterocycles. The third-order valence-electron chi connectivity index (χ3n) is 3.44. The van der Waals surface area contributed by atoms with Crippen molar-refractivity contribution in [1.29, 1.82) is 0 Å². The largest absolute Gasteiger partial charge is 0.481 e. The van der Waals surface area contributed by atoms with Crippen molar-refractivity contribution in [3.8, 4) is 5.88 Å². The van der Waals surface area contributed by atoms with Crippen molar-refractivity contribution in [1.82, 2.24) is 8.96 Å². The number of aromatic nitrogens is 2. The molecule has 1 aromatic carbocycles. The third-order valence-corrected chi connectivity index (χ3v) is 5.11. The first-order chi connectivity index (χ1) is 11.0. The SMILES string of the molecule is COc1cc2c(cn1)cc(C=O)n2S(=O)(=O)Cc1ccccc1. The van der Waals surface area contributed by atoms with Gasteiger partial charge in [-0.2, -0.15) is 0 Å². The summed E-state index contributed by atoms with van der Waals surface area (Å²) in [7, 11) is -2.32. The molecule has 0 amide bonds. The van der Waals surface area contributed by atoms with Crippen molar-refractivity contribution >= 4 is 27.2 Å². The minimum atomic E-state index is -3.76. The van der Waals surface area contributed by atoms with Crippen LogP contribution in [0.25, 0.3) is 10.9 Å². The lowest BCUT2D eigenvalue weighted by molar-refractivity contribution is 0.111. The van der Waals surface area contributed by atoms with E-state index in [1.54, 1.807) is 24.3 Å². The number of rotatable bonds is 5. The van der Waals surface area contributed by atoms with E-state index in [4.69, 9.17) is 4.74 Å². The van der Waals surface area contributed by atoms with Crippen LogP contribution in [0.3, 0.4) is 0 Å². The molecule has 0 atom stereocenters. The fourth-order valence-corrected chi connectivity index (χ4v) is 4.05. The summed E-state index contributed by atoms with van der Waals surface area (Å²) >= 11 is 0. The number of benzene rings is 1. The van der Waals surface area contributed by atoms with Crippen molar-refractivity contribution in [2.24, 2.45) is 0 Å². The van der Waals surface area contributed by atoms with E-state index < -0.39 is 10.0 Å². The Balaban J connectivity index is 2.18. The van der Waals surface area contributed by atoms with Gasteiger partial charge in [-0.1, -0.05) is 30.3 Å². The maximum absolute atomic E-state index is 12.8. The molecule has 23 heavy (non-hydrogen) atoms. The highest BCUT2D eigenvalue weighted by atomic mass is 32.2. The van der Waals surface area contributed by atoms with Gasteiger partial charge in [-0.05, 0) is 11.6 Å². The predicted molar refractivity (Wildman–Crippen MR) is 86.1 cm³/mol. The van der Waals surface area contributed by atoms with Gasteiger partial charge in [0, 0.05) is 17.6 Å². The summed E-state index contributed by atoms with van der Waals surface area (Å²) in [6.45, 7) is 0. The normalized spacial score (nSPS) is 11.5. The van der Waals surface area contributed by atoms with Crippen LogP contribution in [0.2, 0.25) is 0 Å². The number of carbonyl (C=O) groups is 1. The Labute approximate surface area is 133 Å². The van der Waals surface area contributed by atoms with Crippen LogP contribution in [0.15, 0.2) is 48.7 Å². The summed E-state index contributed by atoms with van der Waals surface area (Å²) in [4.78, 5) is 15.3. The van der Waals surface area contributed by atoms with Crippen LogP contribution in [0.4, 0.5) is 0 Å². The Morgan fingerprint density at radius 2 is 1.96 bits per heavy atom. The molecule has 2 aromatic heterocycles. The fraction of sp³-hybridized carbons (Fsp3) is 0.125. The zero-order valence-electron chi connectivity index (χ0n) is 12.3. The molecule has 0 saturated carbocycles. The molecule has 0 N–H and O–H groups in total. The van der Waals surface area contributed by atoms with E-state index in [2.05, 4.69) is 4.98 Å². The van der Waals surface area contributed by atoms with E-state index in [1.807, 2.05) is 6.07 Å². The average molecular weight is 330 g/mol. The zero-order chi connectivity index (χ0) is 16.4. The van der Waals surface area contributed by atoms with Crippen LogP contribution < -0.4 is 4.74 Å². The number of aldehydes is 1. The molecule has 0 unspecified atom stereocenters. The number of methoxy groups -OCH3 is 1. The molecular weight excluding hydrogens is 316 g/mol. The predicted octanol–water partition coefficient (Wildman–Crippen LogP) is 2.24. The van der Waals surface area contributed by atoms with E-state index in [0.717, 1.165) is 3.97 Å². The molecule has 0 radical (unpaired) electrons. The first-order valence-electron chi connectivity index (χ1n) is 6.83. The number of carbonyl (C=O) groups excluding carboxylic acids is 1. The van der Waals surface area contributed by atoms with Crippen LogP contribution in [0.1, 0.15) is 16.1 Å². The van der Waals surface area contributed by atoms with Gasteiger partial charge in [0.15, 0.2) is 6.29 Å². The van der Waals surface area contributed by atoms with Crippen molar-refractivity contribution in [2.45, 2.75) is 5.75 Å². The zero-order valence-corrected chi connectivity index (χ0v) is 13.2. The van der Waals surface area contributed by atoms with E-state index in [1.165, 1.54) is 25.4 Å². The smallest absolute Gasteiger partial charge is 0.243 e. The standard InChI is InChI=1S/C16H14N2O4S/c1-22-16-8-15-13(9-17-16)7-14(10-19)18(15)23(20,21)11-12-5-3-2-4-6-12/h2-10H,11H2,1H3. The van der Waals surface area contributed by atoms with Crippen molar-refractivity contribution in [3.63, 3.8) is 0 Å². The van der Waals surface area contributed by atoms with Crippen LogP contribution in [0, 0.1) is 0 Å². The molecule has 0 spiro atoms. The lowest BCUT2D eigenvalue weighted by Crippen LogP contribution is -2.17.